The molecule has 0 spiro atoms. The molecule has 2 aromatic heterocycles. The maximum atomic E-state index is 6.78. The molecule has 0 aliphatic carbocycles. The Labute approximate surface area is 247 Å². The molecule has 0 N–H and O–H groups in total. The van der Waals surface area contributed by atoms with Gasteiger partial charge in [0, 0.05) is 45.1 Å². The Balaban J connectivity index is 1.29. The molecule has 0 amide bonds. The van der Waals surface area contributed by atoms with E-state index in [2.05, 4.69) is 127 Å². The highest BCUT2D eigenvalue weighted by Gasteiger charge is 2.18. The zero-order valence-corrected chi connectivity index (χ0v) is 23.2. The number of aromatic nitrogens is 2. The van der Waals surface area contributed by atoms with Crippen LogP contribution in [0.25, 0.3) is 87.9 Å². The highest BCUT2D eigenvalue weighted by Crippen LogP contribution is 2.43. The molecule has 0 atom stereocenters. The van der Waals surface area contributed by atoms with Crippen LogP contribution in [-0.4, -0.2) is 9.97 Å². The van der Waals surface area contributed by atoms with Crippen molar-refractivity contribution in [1.82, 2.24) is 9.97 Å². The molecule has 2 heterocycles. The number of benzene rings is 7. The minimum Gasteiger partial charge on any atom is -0.455 e. The summed E-state index contributed by atoms with van der Waals surface area (Å²) >= 11 is 0. The van der Waals surface area contributed by atoms with Crippen LogP contribution < -0.4 is 0 Å². The second kappa shape index (κ2) is 9.37. The fourth-order valence-corrected chi connectivity index (χ4v) is 6.64. The van der Waals surface area contributed by atoms with Crippen molar-refractivity contribution in [2.45, 2.75) is 0 Å². The first-order valence-corrected chi connectivity index (χ1v) is 14.5. The maximum absolute atomic E-state index is 6.78. The minimum atomic E-state index is 0.904. The number of fused-ring (bicyclic) bond motifs is 9. The smallest absolute Gasteiger partial charge is 0.143 e. The van der Waals surface area contributed by atoms with Crippen molar-refractivity contribution >= 4 is 54.5 Å². The molecule has 3 heteroatoms. The zero-order valence-electron chi connectivity index (χ0n) is 23.2. The number of hydrogen-bond donors (Lipinski definition) is 0. The minimum absolute atomic E-state index is 0.904. The number of nitrogens with zero attached hydrogens (tertiary/aromatic N) is 2. The summed E-state index contributed by atoms with van der Waals surface area (Å²) in [5, 5.41) is 6.82. The Morgan fingerprint density at radius 3 is 1.67 bits per heavy atom. The molecule has 9 rings (SSSR count). The van der Waals surface area contributed by atoms with Crippen LogP contribution >= 0.6 is 0 Å². The fourth-order valence-electron chi connectivity index (χ4n) is 6.64. The quantitative estimate of drug-likeness (QED) is 0.206. The molecule has 0 radical (unpaired) electrons. The molecule has 200 valence electrons. The third-order valence-electron chi connectivity index (χ3n) is 8.58. The van der Waals surface area contributed by atoms with Gasteiger partial charge in [-0.3, -0.25) is 9.97 Å². The summed E-state index contributed by atoms with van der Waals surface area (Å²) in [6.45, 7) is 0. The van der Waals surface area contributed by atoms with E-state index in [1.165, 1.54) is 10.8 Å². The van der Waals surface area contributed by atoms with Gasteiger partial charge in [-0.15, -0.1) is 0 Å². The van der Waals surface area contributed by atoms with Gasteiger partial charge in [-0.25, -0.2) is 0 Å². The van der Waals surface area contributed by atoms with Gasteiger partial charge in [0.05, 0.1) is 11.0 Å². The van der Waals surface area contributed by atoms with Crippen LogP contribution in [0.4, 0.5) is 0 Å². The monoisotopic (exact) mass is 548 g/mol. The lowest BCUT2D eigenvalue weighted by Gasteiger charge is -2.13. The first-order valence-electron chi connectivity index (χ1n) is 14.5. The van der Waals surface area contributed by atoms with E-state index in [1.54, 1.807) is 12.4 Å². The summed E-state index contributed by atoms with van der Waals surface area (Å²) in [5.41, 5.74) is 10.5. The average Bonchev–Trinajstić information content (AvgIpc) is 3.48. The molecular weight excluding hydrogens is 524 g/mol. The summed E-state index contributed by atoms with van der Waals surface area (Å²) in [6.07, 6.45) is 3.55. The lowest BCUT2D eigenvalue weighted by atomic mass is 9.91. The number of hydrogen-bond acceptors (Lipinski definition) is 3. The zero-order chi connectivity index (χ0) is 28.3. The number of para-hydroxylation sites is 2. The van der Waals surface area contributed by atoms with E-state index in [0.29, 0.717) is 0 Å². The van der Waals surface area contributed by atoms with E-state index < -0.39 is 0 Å². The lowest BCUT2D eigenvalue weighted by Crippen LogP contribution is -1.90. The standard InChI is InChI=1S/C40H24N2O/c1-2-10-25(11-3-1)28-16-8-18-34-35-19-9-17-33(40(35)43-39(28)34)29-13-5-4-12-27(29)26-20-21-32-36(24-26)30-14-6-7-15-31(30)37-38(32)42-23-22-41-37/h1-24H. The second-order valence-corrected chi connectivity index (χ2v) is 10.9. The molecule has 43 heavy (non-hydrogen) atoms. The largest absolute Gasteiger partial charge is 0.455 e. The molecule has 3 nitrogen and oxygen atoms in total. The Morgan fingerprint density at radius 1 is 0.349 bits per heavy atom. The van der Waals surface area contributed by atoms with E-state index >= 15 is 0 Å². The van der Waals surface area contributed by atoms with Crippen molar-refractivity contribution < 1.29 is 4.42 Å². The Hall–Kier alpha value is -5.80. The predicted molar refractivity (Wildman–Crippen MR) is 178 cm³/mol. The van der Waals surface area contributed by atoms with Gasteiger partial charge in [-0.2, -0.15) is 0 Å². The highest BCUT2D eigenvalue weighted by molar-refractivity contribution is 6.23. The Morgan fingerprint density at radius 2 is 0.907 bits per heavy atom. The van der Waals surface area contributed by atoms with E-state index in [-0.39, 0.29) is 0 Å². The lowest BCUT2D eigenvalue weighted by molar-refractivity contribution is 0.671. The Kier molecular flexibility index (Phi) is 5.20. The van der Waals surface area contributed by atoms with Crippen LogP contribution in [0, 0.1) is 0 Å². The van der Waals surface area contributed by atoms with Crippen molar-refractivity contribution in [3.8, 4) is 33.4 Å². The number of rotatable bonds is 3. The Bertz CT molecular complexity index is 2470. The maximum Gasteiger partial charge on any atom is 0.143 e. The first kappa shape index (κ1) is 23.9. The van der Waals surface area contributed by atoms with Gasteiger partial charge in [-0.1, -0.05) is 127 Å². The third kappa shape index (κ3) is 3.62. The van der Waals surface area contributed by atoms with Gasteiger partial charge in [-0.05, 0) is 39.1 Å². The predicted octanol–water partition coefficient (Wildman–Crippen LogP) is 10.8. The molecule has 0 aliphatic rings. The van der Waals surface area contributed by atoms with Gasteiger partial charge >= 0.3 is 0 Å². The normalized spacial score (nSPS) is 11.7. The molecule has 7 aromatic carbocycles. The van der Waals surface area contributed by atoms with Gasteiger partial charge in [0.1, 0.15) is 11.2 Å². The molecule has 0 bridgehead atoms. The van der Waals surface area contributed by atoms with Gasteiger partial charge < -0.3 is 4.42 Å². The van der Waals surface area contributed by atoms with Crippen molar-refractivity contribution in [3.63, 3.8) is 0 Å². The van der Waals surface area contributed by atoms with Crippen molar-refractivity contribution in [1.29, 1.82) is 0 Å². The topological polar surface area (TPSA) is 38.9 Å². The molecule has 0 fully saturated rings. The molecular formula is C40H24N2O. The van der Waals surface area contributed by atoms with Crippen LogP contribution in [0.2, 0.25) is 0 Å². The second-order valence-electron chi connectivity index (χ2n) is 10.9. The van der Waals surface area contributed by atoms with Crippen molar-refractivity contribution in [2.24, 2.45) is 0 Å². The van der Waals surface area contributed by atoms with Crippen LogP contribution in [0.3, 0.4) is 0 Å². The van der Waals surface area contributed by atoms with Gasteiger partial charge in [0.2, 0.25) is 0 Å². The first-order chi connectivity index (χ1) is 21.3. The third-order valence-corrected chi connectivity index (χ3v) is 8.58. The van der Waals surface area contributed by atoms with E-state index in [0.717, 1.165) is 77.1 Å². The SMILES string of the molecule is c1ccc(-c2cccc3c2oc2c(-c4ccccc4-c4ccc5c(c4)c4ccccc4c4nccnc54)cccc23)cc1. The summed E-state index contributed by atoms with van der Waals surface area (Å²) in [6, 6.07) is 47.1. The molecule has 9 aromatic rings. The summed E-state index contributed by atoms with van der Waals surface area (Å²) in [7, 11) is 0. The molecule has 0 saturated heterocycles. The summed E-state index contributed by atoms with van der Waals surface area (Å²) in [4.78, 5) is 9.43. The molecule has 0 saturated carbocycles. The van der Waals surface area contributed by atoms with Crippen molar-refractivity contribution in [3.05, 3.63) is 146 Å². The fraction of sp³-hybridized carbons (Fsp3) is 0. The van der Waals surface area contributed by atoms with Crippen molar-refractivity contribution in [2.75, 3.05) is 0 Å². The average molecular weight is 549 g/mol. The van der Waals surface area contributed by atoms with Crippen LogP contribution in [0.15, 0.2) is 150 Å². The highest BCUT2D eigenvalue weighted by atomic mass is 16.3. The van der Waals surface area contributed by atoms with E-state index in [9.17, 15) is 0 Å². The molecule has 0 aliphatic heterocycles. The van der Waals surface area contributed by atoms with Crippen LogP contribution in [0.5, 0.6) is 0 Å². The van der Waals surface area contributed by atoms with Crippen LogP contribution in [-0.2, 0) is 0 Å². The van der Waals surface area contributed by atoms with E-state index in [4.69, 9.17) is 14.4 Å². The molecule has 0 unspecified atom stereocenters. The number of furan rings is 1. The summed E-state index contributed by atoms with van der Waals surface area (Å²) in [5.74, 6) is 0. The van der Waals surface area contributed by atoms with Gasteiger partial charge in [0.25, 0.3) is 0 Å². The van der Waals surface area contributed by atoms with E-state index in [1.807, 2.05) is 6.07 Å². The van der Waals surface area contributed by atoms with Crippen LogP contribution in [0.1, 0.15) is 0 Å². The summed E-state index contributed by atoms with van der Waals surface area (Å²) < 4.78 is 6.78. The van der Waals surface area contributed by atoms with Gasteiger partial charge in [0.15, 0.2) is 0 Å².